The van der Waals surface area contributed by atoms with Crippen LogP contribution < -0.4 is 5.32 Å². The molecule has 0 bridgehead atoms. The van der Waals surface area contributed by atoms with Crippen molar-refractivity contribution in [2.24, 2.45) is 11.8 Å². The number of carbonyl (C=O) groups is 2. The zero-order valence-electron chi connectivity index (χ0n) is 18.3. The maximum Gasteiger partial charge on any atom is 0.408 e. The number of carboxylic acids is 1. The highest BCUT2D eigenvalue weighted by atomic mass is 28.4. The number of alkyl carbamates (subject to hydrolysis) is 1. The van der Waals surface area contributed by atoms with E-state index >= 15 is 0 Å². The molecule has 0 radical (unpaired) electrons. The number of rotatable bonds is 7. The molecule has 1 saturated carbocycles. The largest absolute Gasteiger partial charge is 0.480 e. The molecule has 1 aliphatic rings. The number of hydrogen-bond acceptors (Lipinski definition) is 4. The summed E-state index contributed by atoms with van der Waals surface area (Å²) in [6.07, 6.45) is 3.46. The highest BCUT2D eigenvalue weighted by Gasteiger charge is 2.42. The molecule has 0 aliphatic heterocycles. The minimum atomic E-state index is -2.01. The Balaban J connectivity index is 2.97. The second-order valence-corrected chi connectivity index (χ2v) is 15.1. The molecule has 0 aromatic carbocycles. The van der Waals surface area contributed by atoms with Gasteiger partial charge in [-0.15, -0.1) is 0 Å². The molecule has 158 valence electrons. The van der Waals surface area contributed by atoms with Crippen LogP contribution in [0.1, 0.15) is 67.2 Å². The molecular formula is C20H39NO5Si. The number of nitrogens with one attached hydrogen (secondary N) is 1. The van der Waals surface area contributed by atoms with E-state index in [-0.39, 0.29) is 16.9 Å². The molecule has 2 N–H and O–H groups in total. The minimum Gasteiger partial charge on any atom is -0.480 e. The van der Waals surface area contributed by atoms with Gasteiger partial charge >= 0.3 is 12.1 Å². The highest BCUT2D eigenvalue weighted by Crippen LogP contribution is 2.39. The van der Waals surface area contributed by atoms with E-state index in [1.165, 1.54) is 0 Å². The van der Waals surface area contributed by atoms with Crippen LogP contribution >= 0.6 is 0 Å². The zero-order valence-corrected chi connectivity index (χ0v) is 19.3. The molecule has 0 aromatic heterocycles. The smallest absolute Gasteiger partial charge is 0.408 e. The second-order valence-electron chi connectivity index (χ2n) is 10.2. The zero-order chi connectivity index (χ0) is 21.0. The number of carbonyl (C=O) groups excluding carboxylic acids is 1. The van der Waals surface area contributed by atoms with Crippen molar-refractivity contribution in [1.82, 2.24) is 5.32 Å². The first kappa shape index (κ1) is 24.0. The molecule has 1 unspecified atom stereocenters. The van der Waals surface area contributed by atoms with Crippen molar-refractivity contribution < 1.29 is 23.9 Å². The Kier molecular flexibility index (Phi) is 7.94. The summed E-state index contributed by atoms with van der Waals surface area (Å²) in [6, 6.07) is -1.01. The molecule has 1 fully saturated rings. The minimum absolute atomic E-state index is 0.0462. The van der Waals surface area contributed by atoms with Crippen molar-refractivity contribution >= 4 is 20.4 Å². The summed E-state index contributed by atoms with van der Waals surface area (Å²) in [4.78, 5) is 24.2. The van der Waals surface area contributed by atoms with Gasteiger partial charge in [0.2, 0.25) is 0 Å². The number of ether oxygens (including phenoxy) is 1. The molecule has 0 aromatic rings. The number of hydrogen-bond donors (Lipinski definition) is 2. The Bertz CT molecular complexity index is 515. The van der Waals surface area contributed by atoms with Crippen molar-refractivity contribution in [3.63, 3.8) is 0 Å². The van der Waals surface area contributed by atoms with E-state index in [1.807, 2.05) is 0 Å². The molecule has 0 heterocycles. The predicted octanol–water partition coefficient (Wildman–Crippen LogP) is 4.79. The van der Waals surface area contributed by atoms with E-state index in [9.17, 15) is 14.7 Å². The number of amides is 1. The first-order valence-electron chi connectivity index (χ1n) is 10.0. The molecule has 0 saturated heterocycles. The first-order valence-corrected chi connectivity index (χ1v) is 12.9. The summed E-state index contributed by atoms with van der Waals surface area (Å²) < 4.78 is 11.7. The van der Waals surface area contributed by atoms with Crippen LogP contribution in [-0.4, -0.2) is 43.7 Å². The van der Waals surface area contributed by atoms with E-state index < -0.39 is 32.0 Å². The third kappa shape index (κ3) is 7.45. The Morgan fingerprint density at radius 1 is 1.11 bits per heavy atom. The fourth-order valence-electron chi connectivity index (χ4n) is 3.20. The van der Waals surface area contributed by atoms with Gasteiger partial charge in [0.05, 0.1) is 0 Å². The topological polar surface area (TPSA) is 84.9 Å². The lowest BCUT2D eigenvalue weighted by Gasteiger charge is -2.39. The van der Waals surface area contributed by atoms with E-state index in [4.69, 9.17) is 9.16 Å². The van der Waals surface area contributed by atoms with Gasteiger partial charge < -0.3 is 19.6 Å². The van der Waals surface area contributed by atoms with Crippen molar-refractivity contribution in [3.05, 3.63) is 0 Å². The monoisotopic (exact) mass is 401 g/mol. The summed E-state index contributed by atoms with van der Waals surface area (Å²) >= 11 is 0. The molecule has 1 amide bonds. The lowest BCUT2D eigenvalue weighted by molar-refractivity contribution is -0.142. The maximum atomic E-state index is 12.2. The fraction of sp³-hybridized carbons (Fsp3) is 0.900. The Hall–Kier alpha value is -1.08. The standard InChI is InChI=1S/C20H39NO5Si/c1-19(2,3)26-18(24)21-16(17(22)23)15(14-11-9-10-12-14)13-25-27(7,8)20(4,5)6/h14-16H,9-13H2,1-8H3,(H,21,24)(H,22,23)/t15?,16-/m1/s1. The van der Waals surface area contributed by atoms with Crippen molar-refractivity contribution in [3.8, 4) is 0 Å². The summed E-state index contributed by atoms with van der Waals surface area (Å²) in [5.74, 6) is -1.05. The normalized spacial score (nSPS) is 18.8. The molecule has 6 nitrogen and oxygen atoms in total. The van der Waals surface area contributed by atoms with Gasteiger partial charge in [0.15, 0.2) is 8.32 Å². The van der Waals surface area contributed by atoms with E-state index in [0.717, 1.165) is 25.7 Å². The molecule has 27 heavy (non-hydrogen) atoms. The third-order valence-corrected chi connectivity index (χ3v) is 10.3. The van der Waals surface area contributed by atoms with Gasteiger partial charge in [-0.2, -0.15) is 0 Å². The summed E-state index contributed by atoms with van der Waals surface area (Å²) in [5.41, 5.74) is -0.673. The molecule has 1 aliphatic carbocycles. The predicted molar refractivity (Wildman–Crippen MR) is 109 cm³/mol. The van der Waals surface area contributed by atoms with Crippen LogP contribution in [-0.2, 0) is 14.0 Å². The van der Waals surface area contributed by atoms with Gasteiger partial charge in [0.25, 0.3) is 0 Å². The fourth-order valence-corrected chi connectivity index (χ4v) is 4.24. The average molecular weight is 402 g/mol. The first-order chi connectivity index (χ1) is 12.1. The van der Waals surface area contributed by atoms with Gasteiger partial charge in [-0.25, -0.2) is 9.59 Å². The average Bonchev–Trinajstić information content (AvgIpc) is 2.96. The van der Waals surface area contributed by atoms with Crippen molar-refractivity contribution in [2.45, 2.75) is 97.0 Å². The van der Waals surface area contributed by atoms with Gasteiger partial charge in [-0.3, -0.25) is 0 Å². The van der Waals surface area contributed by atoms with Crippen LogP contribution in [0.15, 0.2) is 0 Å². The van der Waals surface area contributed by atoms with E-state index in [2.05, 4.69) is 39.2 Å². The molecular weight excluding hydrogens is 362 g/mol. The van der Waals surface area contributed by atoms with Crippen molar-refractivity contribution in [2.75, 3.05) is 6.61 Å². The van der Waals surface area contributed by atoms with Crippen molar-refractivity contribution in [1.29, 1.82) is 0 Å². The number of carboxylic acid groups (broad SMARTS) is 1. The highest BCUT2D eigenvalue weighted by molar-refractivity contribution is 6.74. The Labute approximate surface area is 165 Å². The Morgan fingerprint density at radius 2 is 1.63 bits per heavy atom. The van der Waals surface area contributed by atoms with Crippen LogP contribution in [0.5, 0.6) is 0 Å². The van der Waals surface area contributed by atoms with Crippen LogP contribution in [0.25, 0.3) is 0 Å². The van der Waals surface area contributed by atoms with Crippen LogP contribution in [0, 0.1) is 11.8 Å². The quantitative estimate of drug-likeness (QED) is 0.599. The Morgan fingerprint density at radius 3 is 2.04 bits per heavy atom. The van der Waals surface area contributed by atoms with Gasteiger partial charge in [0.1, 0.15) is 11.6 Å². The SMILES string of the molecule is CC(C)(C)OC(=O)N[C@@H](C(=O)O)C(CO[Si](C)(C)C(C)(C)C)C1CCCC1. The van der Waals surface area contributed by atoms with Crippen LogP contribution in [0.3, 0.4) is 0 Å². The maximum absolute atomic E-state index is 12.2. The molecule has 0 spiro atoms. The third-order valence-electron chi connectivity index (χ3n) is 5.81. The number of aliphatic carboxylic acids is 1. The van der Waals surface area contributed by atoms with Crippen LogP contribution in [0.4, 0.5) is 4.79 Å². The molecule has 1 rings (SSSR count). The summed E-state index contributed by atoms with van der Waals surface area (Å²) in [6.45, 7) is 16.5. The lowest BCUT2D eigenvalue weighted by atomic mass is 9.85. The van der Waals surface area contributed by atoms with Crippen LogP contribution in [0.2, 0.25) is 18.1 Å². The van der Waals surface area contributed by atoms with Gasteiger partial charge in [-0.05, 0) is 44.8 Å². The van der Waals surface area contributed by atoms with Gasteiger partial charge in [-0.1, -0.05) is 46.5 Å². The summed E-state index contributed by atoms with van der Waals surface area (Å²) in [7, 11) is -2.01. The van der Waals surface area contributed by atoms with E-state index in [0.29, 0.717) is 6.61 Å². The molecule has 2 atom stereocenters. The van der Waals surface area contributed by atoms with E-state index in [1.54, 1.807) is 20.8 Å². The summed E-state index contributed by atoms with van der Waals surface area (Å²) in [5, 5.41) is 12.5. The molecule has 7 heteroatoms. The lowest BCUT2D eigenvalue weighted by Crippen LogP contribution is -2.52. The second kappa shape index (κ2) is 8.95. The van der Waals surface area contributed by atoms with Gasteiger partial charge in [0, 0.05) is 12.5 Å².